The van der Waals surface area contributed by atoms with Gasteiger partial charge in [-0.25, -0.2) is 19.7 Å². The molecule has 7 heterocycles. The van der Waals surface area contributed by atoms with Crippen molar-refractivity contribution in [2.45, 2.75) is 60.0 Å². The molecule has 0 aliphatic carbocycles. The highest BCUT2D eigenvalue weighted by atomic mass is 16.5. The van der Waals surface area contributed by atoms with Gasteiger partial charge in [0.1, 0.15) is 29.2 Å². The second-order valence-electron chi connectivity index (χ2n) is 15.1. The molecule has 0 spiro atoms. The zero-order valence-corrected chi connectivity index (χ0v) is 31.8. The summed E-state index contributed by atoms with van der Waals surface area (Å²) in [6.07, 6.45) is 9.96. The fraction of sp³-hybridized carbons (Fsp3) is 0.442. The number of aromatic nitrogens is 5. The summed E-state index contributed by atoms with van der Waals surface area (Å²) < 4.78 is 5.49. The molecule has 0 saturated carbocycles. The van der Waals surface area contributed by atoms with Crippen LogP contribution in [-0.2, 0) is 17.8 Å². The van der Waals surface area contributed by atoms with Crippen LogP contribution in [0.25, 0.3) is 22.3 Å². The van der Waals surface area contributed by atoms with Crippen molar-refractivity contribution in [2.75, 3.05) is 62.7 Å². The van der Waals surface area contributed by atoms with E-state index in [0.717, 1.165) is 109 Å². The number of carbonyl (C=O) groups is 2. The highest BCUT2D eigenvalue weighted by molar-refractivity contribution is 6.03. The quantitative estimate of drug-likeness (QED) is 0.143. The van der Waals surface area contributed by atoms with Gasteiger partial charge < -0.3 is 25.0 Å². The summed E-state index contributed by atoms with van der Waals surface area (Å²) in [5, 5.41) is 12.9. The van der Waals surface area contributed by atoms with E-state index in [0.29, 0.717) is 18.9 Å². The molecule has 1 aromatic carbocycles. The van der Waals surface area contributed by atoms with Crippen LogP contribution >= 0.6 is 0 Å². The number of likely N-dealkylation sites (tertiary alicyclic amines) is 2. The number of nitrogens with one attached hydrogen (secondary N) is 2. The minimum atomic E-state index is -0.959. The zero-order chi connectivity index (χ0) is 38.1. The zero-order valence-electron chi connectivity index (χ0n) is 31.8. The molecule has 13 nitrogen and oxygen atoms in total. The van der Waals surface area contributed by atoms with Gasteiger partial charge in [-0.1, -0.05) is 33.4 Å². The van der Waals surface area contributed by atoms with Crippen LogP contribution in [0.2, 0.25) is 0 Å². The van der Waals surface area contributed by atoms with Crippen molar-refractivity contribution in [3.05, 3.63) is 95.8 Å². The number of hydrogen-bond donors (Lipinski definition) is 3. The number of carboxylic acid groups (broad SMARTS) is 1. The van der Waals surface area contributed by atoms with Gasteiger partial charge in [0.2, 0.25) is 0 Å². The molecule has 0 unspecified atom stereocenters. The average molecular weight is 762 g/mol. The van der Waals surface area contributed by atoms with E-state index >= 15 is 0 Å². The molecular weight excluding hydrogens is 707 g/mol. The number of aromatic amines is 1. The van der Waals surface area contributed by atoms with Gasteiger partial charge in [0.25, 0.3) is 5.91 Å². The Labute approximate surface area is 329 Å². The largest absolute Gasteiger partial charge is 0.477 e. The normalized spacial score (nSPS) is 19.1. The van der Waals surface area contributed by atoms with E-state index in [1.807, 2.05) is 42.5 Å². The first-order valence-corrected chi connectivity index (χ1v) is 19.4. The number of hydrogen-bond acceptors (Lipinski definition) is 10. The SMILES string of the molecule is C.C[C@@H]1CCCN(Cc2ccnc(C(=O)Nc3ccc(-c4cc5c(N6CCOCC6)ncnc5[nH]4)cc3)c2)C1.C[C@@H]1CCCN(Cc2ccnc(C(=O)O)c2)C1. The number of nitrogens with zero attached hydrogens (tertiary/aromatic N) is 7. The van der Waals surface area contributed by atoms with E-state index in [1.165, 1.54) is 25.7 Å². The molecule has 0 bridgehead atoms. The number of rotatable bonds is 9. The molecular formula is C43H55N9O4. The van der Waals surface area contributed by atoms with Gasteiger partial charge >= 0.3 is 5.97 Å². The second kappa shape index (κ2) is 19.1. The first-order valence-electron chi connectivity index (χ1n) is 19.4. The number of pyridine rings is 2. The minimum Gasteiger partial charge on any atom is -0.477 e. The highest BCUT2D eigenvalue weighted by Gasteiger charge is 2.20. The van der Waals surface area contributed by atoms with Crippen LogP contribution in [0.5, 0.6) is 0 Å². The Morgan fingerprint density at radius 3 is 2.02 bits per heavy atom. The van der Waals surface area contributed by atoms with Crippen molar-refractivity contribution in [2.24, 2.45) is 11.8 Å². The van der Waals surface area contributed by atoms with E-state index in [2.05, 4.69) is 64.9 Å². The topological polar surface area (TPSA) is 153 Å². The van der Waals surface area contributed by atoms with E-state index in [1.54, 1.807) is 24.8 Å². The molecule has 5 aromatic rings. The first kappa shape index (κ1) is 40.4. The molecule has 3 aliphatic rings. The highest BCUT2D eigenvalue weighted by Crippen LogP contribution is 2.30. The predicted octanol–water partition coefficient (Wildman–Crippen LogP) is 6.99. The second-order valence-corrected chi connectivity index (χ2v) is 15.1. The van der Waals surface area contributed by atoms with Crippen LogP contribution in [0.1, 0.15) is 79.1 Å². The minimum absolute atomic E-state index is 0. The lowest BCUT2D eigenvalue weighted by Gasteiger charge is -2.30. The molecule has 13 heteroatoms. The van der Waals surface area contributed by atoms with Crippen LogP contribution in [-0.4, -0.2) is 104 Å². The third-order valence-corrected chi connectivity index (χ3v) is 10.6. The average Bonchev–Trinajstić information content (AvgIpc) is 3.64. The summed E-state index contributed by atoms with van der Waals surface area (Å²) in [5.41, 5.74) is 6.20. The summed E-state index contributed by atoms with van der Waals surface area (Å²) >= 11 is 0. The van der Waals surface area contributed by atoms with Crippen LogP contribution < -0.4 is 10.2 Å². The number of carboxylic acids is 1. The van der Waals surface area contributed by atoms with Crippen LogP contribution in [0, 0.1) is 11.8 Å². The van der Waals surface area contributed by atoms with E-state index in [9.17, 15) is 9.59 Å². The molecule has 3 saturated heterocycles. The predicted molar refractivity (Wildman–Crippen MR) is 220 cm³/mol. The van der Waals surface area contributed by atoms with Gasteiger partial charge in [0.15, 0.2) is 0 Å². The molecule has 3 fully saturated rings. The van der Waals surface area contributed by atoms with E-state index in [-0.39, 0.29) is 19.0 Å². The lowest BCUT2D eigenvalue weighted by molar-refractivity contribution is 0.0689. The third-order valence-electron chi connectivity index (χ3n) is 10.6. The Morgan fingerprint density at radius 1 is 0.804 bits per heavy atom. The van der Waals surface area contributed by atoms with Gasteiger partial charge in [0, 0.05) is 63.0 Å². The number of aromatic carboxylic acids is 1. The Balaban J connectivity index is 0.000000248. The number of anilines is 2. The molecule has 4 aromatic heterocycles. The summed E-state index contributed by atoms with van der Waals surface area (Å²) in [4.78, 5) is 51.4. The maximum atomic E-state index is 12.9. The van der Waals surface area contributed by atoms with Crippen LogP contribution in [0.4, 0.5) is 11.5 Å². The van der Waals surface area contributed by atoms with E-state index < -0.39 is 5.97 Å². The van der Waals surface area contributed by atoms with Crippen molar-refractivity contribution in [1.82, 2.24) is 34.7 Å². The number of morpholine rings is 1. The molecule has 1 amide bonds. The van der Waals surface area contributed by atoms with Gasteiger partial charge in [-0.05, 0) is 110 Å². The molecule has 3 aliphatic heterocycles. The van der Waals surface area contributed by atoms with Gasteiger partial charge in [-0.2, -0.15) is 0 Å². The molecule has 296 valence electrons. The molecule has 0 radical (unpaired) electrons. The summed E-state index contributed by atoms with van der Waals surface area (Å²) in [6.45, 7) is 13.7. The Morgan fingerprint density at radius 2 is 1.41 bits per heavy atom. The van der Waals surface area contributed by atoms with Crippen molar-refractivity contribution in [1.29, 1.82) is 0 Å². The third kappa shape index (κ3) is 10.5. The number of ether oxygens (including phenoxy) is 1. The number of fused-ring (bicyclic) bond motifs is 1. The molecule has 8 rings (SSSR count). The van der Waals surface area contributed by atoms with Crippen molar-refractivity contribution >= 4 is 34.4 Å². The van der Waals surface area contributed by atoms with Crippen molar-refractivity contribution in [3.63, 3.8) is 0 Å². The monoisotopic (exact) mass is 761 g/mol. The van der Waals surface area contributed by atoms with Crippen molar-refractivity contribution in [3.8, 4) is 11.3 Å². The fourth-order valence-electron chi connectivity index (χ4n) is 7.80. The van der Waals surface area contributed by atoms with Gasteiger partial charge in [-0.15, -0.1) is 0 Å². The molecule has 56 heavy (non-hydrogen) atoms. The Hall–Kier alpha value is -5.24. The number of benzene rings is 1. The maximum Gasteiger partial charge on any atom is 0.354 e. The Bertz CT molecular complexity index is 2060. The van der Waals surface area contributed by atoms with E-state index in [4.69, 9.17) is 9.84 Å². The van der Waals surface area contributed by atoms with Crippen LogP contribution in [0.3, 0.4) is 0 Å². The smallest absolute Gasteiger partial charge is 0.354 e. The van der Waals surface area contributed by atoms with Gasteiger partial charge in [-0.3, -0.25) is 19.6 Å². The van der Waals surface area contributed by atoms with Crippen molar-refractivity contribution < 1.29 is 19.4 Å². The summed E-state index contributed by atoms with van der Waals surface area (Å²) in [7, 11) is 0. The van der Waals surface area contributed by atoms with Gasteiger partial charge in [0.05, 0.1) is 18.6 Å². The Kier molecular flexibility index (Phi) is 13.8. The number of piperidine rings is 2. The lowest BCUT2D eigenvalue weighted by Crippen LogP contribution is -2.36. The molecule has 3 N–H and O–H groups in total. The molecule has 2 atom stereocenters. The number of H-pyrrole nitrogens is 1. The first-order chi connectivity index (χ1) is 26.8. The standard InChI is InChI=1S/C29H33N7O2.C13H18N2O2.CH4/c1-20-3-2-10-35(17-20)18-21-8-9-30-26(15-21)29(37)33-23-6-4-22(5-7-23)25-16-24-27(34-25)31-19-32-28(24)36-11-13-38-14-12-36;1-10-3-2-6-15(8-10)9-11-4-5-14-12(7-11)13(16)17;/h4-9,15-16,19-20H,2-3,10-14,17-18H2,1H3,(H,33,37)(H,31,32,34);4-5,7,10H,2-3,6,8-9H2,1H3,(H,16,17);1H4/t20-;10-;/m11./s1. The lowest BCUT2D eigenvalue weighted by atomic mass is 10.00. The summed E-state index contributed by atoms with van der Waals surface area (Å²) in [6, 6.07) is 17.4. The van der Waals surface area contributed by atoms with Crippen LogP contribution in [0.15, 0.2) is 73.3 Å². The fourth-order valence-corrected chi connectivity index (χ4v) is 7.80. The number of amides is 1. The maximum absolute atomic E-state index is 12.9. The summed E-state index contributed by atoms with van der Waals surface area (Å²) in [5.74, 6) is 1.22. The number of carbonyl (C=O) groups excluding carboxylic acids is 1.